The van der Waals surface area contributed by atoms with E-state index < -0.39 is 0 Å². The Morgan fingerprint density at radius 3 is 2.53 bits per heavy atom. The molecule has 0 fully saturated rings. The van der Waals surface area contributed by atoms with Gasteiger partial charge in [0.25, 0.3) is 11.1 Å². The van der Waals surface area contributed by atoms with Gasteiger partial charge in [0, 0.05) is 37.0 Å². The van der Waals surface area contributed by atoms with Gasteiger partial charge in [0.1, 0.15) is 5.01 Å². The number of para-hydroxylation sites is 1. The van der Waals surface area contributed by atoms with Crippen LogP contribution in [0.2, 0.25) is 0 Å². The maximum Gasteiger partial charge on any atom is 0.275 e. The van der Waals surface area contributed by atoms with Crippen molar-refractivity contribution in [2.45, 2.75) is 70.6 Å². The van der Waals surface area contributed by atoms with Crippen molar-refractivity contribution >= 4 is 39.0 Å². The topological polar surface area (TPSA) is 85.4 Å². The number of rotatable bonds is 9. The van der Waals surface area contributed by atoms with Crippen LogP contribution in [-0.4, -0.2) is 47.7 Å². The normalized spacial score (nSPS) is 12.1. The number of aryl methyl sites for hydroxylation is 1. The number of hydrogen-bond donors (Lipinski definition) is 0. The molecule has 3 heterocycles. The Bertz CT molecular complexity index is 1410. The molecule has 34 heavy (non-hydrogen) atoms. The van der Waals surface area contributed by atoms with Crippen molar-refractivity contribution in [1.82, 2.24) is 29.0 Å². The van der Waals surface area contributed by atoms with Crippen LogP contribution >= 0.6 is 23.1 Å². The van der Waals surface area contributed by atoms with Gasteiger partial charge in [-0.1, -0.05) is 42.2 Å². The predicted molar refractivity (Wildman–Crippen MR) is 139 cm³/mol. The average molecular weight is 499 g/mol. The molecule has 0 saturated heterocycles. The summed E-state index contributed by atoms with van der Waals surface area (Å²) >= 11 is 2.86. The Hall–Kier alpha value is -2.56. The van der Waals surface area contributed by atoms with Gasteiger partial charge in [0.05, 0.1) is 16.6 Å². The fourth-order valence-corrected chi connectivity index (χ4v) is 5.81. The molecular weight excluding hydrogens is 468 g/mol. The number of aromatic nitrogens is 5. The lowest BCUT2D eigenvalue weighted by molar-refractivity contribution is 0.166. The Morgan fingerprint density at radius 2 is 1.82 bits per heavy atom. The number of benzene rings is 1. The van der Waals surface area contributed by atoms with Crippen molar-refractivity contribution in [3.05, 3.63) is 61.7 Å². The number of fused-ring (bicyclic) bond motifs is 2. The minimum atomic E-state index is -0.190. The molecule has 0 bridgehead atoms. The van der Waals surface area contributed by atoms with E-state index in [-0.39, 0.29) is 11.1 Å². The highest BCUT2D eigenvalue weighted by atomic mass is 32.2. The molecule has 0 aliphatic rings. The maximum absolute atomic E-state index is 13.4. The minimum absolute atomic E-state index is 0.0425. The van der Waals surface area contributed by atoms with Crippen LogP contribution < -0.4 is 11.1 Å². The summed E-state index contributed by atoms with van der Waals surface area (Å²) in [5.74, 6) is 0.438. The summed E-state index contributed by atoms with van der Waals surface area (Å²) in [4.78, 5) is 38.3. The third kappa shape index (κ3) is 5.08. The van der Waals surface area contributed by atoms with Gasteiger partial charge in [-0.3, -0.25) is 19.1 Å². The van der Waals surface area contributed by atoms with Gasteiger partial charge in [0.2, 0.25) is 4.96 Å². The molecular formula is C24H30N6O2S2. The van der Waals surface area contributed by atoms with Crippen LogP contribution in [-0.2, 0) is 18.7 Å². The summed E-state index contributed by atoms with van der Waals surface area (Å²) < 4.78 is 3.12. The highest BCUT2D eigenvalue weighted by Gasteiger charge is 2.17. The quantitative estimate of drug-likeness (QED) is 0.256. The van der Waals surface area contributed by atoms with Gasteiger partial charge >= 0.3 is 0 Å². The molecule has 10 heteroatoms. The molecule has 0 radical (unpaired) electrons. The zero-order valence-electron chi connectivity index (χ0n) is 20.2. The maximum atomic E-state index is 13.4. The molecule has 4 rings (SSSR count). The lowest BCUT2D eigenvalue weighted by atomic mass is 10.2. The fourth-order valence-electron chi connectivity index (χ4n) is 4.03. The van der Waals surface area contributed by atoms with Crippen LogP contribution in [0.3, 0.4) is 0 Å². The van der Waals surface area contributed by atoms with Gasteiger partial charge < -0.3 is 0 Å². The number of hydrogen-bond acceptors (Lipinski definition) is 8. The molecule has 0 N–H and O–H groups in total. The molecule has 3 aromatic heterocycles. The molecule has 1 aromatic carbocycles. The second kappa shape index (κ2) is 10.4. The van der Waals surface area contributed by atoms with Crippen molar-refractivity contribution in [2.75, 3.05) is 6.54 Å². The van der Waals surface area contributed by atoms with Gasteiger partial charge in [-0.25, -0.2) is 9.97 Å². The fraction of sp³-hybridized carbons (Fsp3) is 0.458. The van der Waals surface area contributed by atoms with E-state index in [4.69, 9.17) is 4.98 Å². The molecule has 0 spiro atoms. The predicted octanol–water partition coefficient (Wildman–Crippen LogP) is 3.83. The van der Waals surface area contributed by atoms with E-state index in [1.807, 2.05) is 31.2 Å². The molecule has 4 aromatic rings. The molecule has 0 aliphatic heterocycles. The summed E-state index contributed by atoms with van der Waals surface area (Å²) in [6.45, 7) is 12.0. The summed E-state index contributed by atoms with van der Waals surface area (Å²) in [6.07, 6.45) is 0.759. The molecule has 0 amide bonds. The van der Waals surface area contributed by atoms with Gasteiger partial charge in [0.15, 0.2) is 5.16 Å². The Balaban J connectivity index is 1.67. The van der Waals surface area contributed by atoms with Crippen LogP contribution in [0.1, 0.15) is 45.3 Å². The van der Waals surface area contributed by atoms with Crippen LogP contribution in [0.15, 0.2) is 45.1 Å². The van der Waals surface area contributed by atoms with Crippen molar-refractivity contribution in [3.63, 3.8) is 0 Å². The van der Waals surface area contributed by atoms with Gasteiger partial charge in [-0.05, 0) is 46.2 Å². The number of nitrogens with zero attached hydrogens (tertiary/aromatic N) is 6. The largest absolute Gasteiger partial charge is 0.297 e. The highest BCUT2D eigenvalue weighted by Crippen LogP contribution is 2.22. The van der Waals surface area contributed by atoms with Gasteiger partial charge in [-0.15, -0.1) is 0 Å². The van der Waals surface area contributed by atoms with Crippen LogP contribution in [0, 0.1) is 0 Å². The second-order valence-corrected chi connectivity index (χ2v) is 10.7. The monoisotopic (exact) mass is 498 g/mol. The third-order valence-electron chi connectivity index (χ3n) is 5.73. The molecule has 0 saturated carbocycles. The van der Waals surface area contributed by atoms with E-state index in [0.717, 1.165) is 18.0 Å². The summed E-state index contributed by atoms with van der Waals surface area (Å²) in [6, 6.07) is 9.70. The zero-order valence-corrected chi connectivity index (χ0v) is 21.8. The van der Waals surface area contributed by atoms with Crippen molar-refractivity contribution in [2.24, 2.45) is 0 Å². The molecule has 0 aliphatic carbocycles. The Kier molecular flexibility index (Phi) is 7.49. The molecule has 180 valence electrons. The average Bonchev–Trinajstić information content (AvgIpc) is 3.23. The van der Waals surface area contributed by atoms with Crippen LogP contribution in [0.25, 0.3) is 15.9 Å². The first-order chi connectivity index (χ1) is 16.3. The minimum Gasteiger partial charge on any atom is -0.297 e. The smallest absolute Gasteiger partial charge is 0.275 e. The van der Waals surface area contributed by atoms with Crippen LogP contribution in [0.4, 0.5) is 0 Å². The van der Waals surface area contributed by atoms with E-state index >= 15 is 0 Å². The first kappa shape index (κ1) is 24.6. The van der Waals surface area contributed by atoms with Crippen molar-refractivity contribution < 1.29 is 0 Å². The molecule has 8 nitrogen and oxygen atoms in total. The van der Waals surface area contributed by atoms with Crippen molar-refractivity contribution in [3.8, 4) is 0 Å². The van der Waals surface area contributed by atoms with E-state index in [1.165, 1.54) is 33.7 Å². The van der Waals surface area contributed by atoms with E-state index in [2.05, 4.69) is 42.7 Å². The van der Waals surface area contributed by atoms with Crippen LogP contribution in [0.5, 0.6) is 0 Å². The SMILES string of the molecule is CCc1nn2c(=O)cc(CSc3nc4ccccc4c(=O)n3CCN(C(C)C)C(C)C)nc2s1. The molecule has 0 unspecified atom stereocenters. The molecule has 0 atom stereocenters. The second-order valence-electron chi connectivity index (χ2n) is 8.71. The first-order valence-electron chi connectivity index (χ1n) is 11.5. The van der Waals surface area contributed by atoms with E-state index in [1.54, 1.807) is 4.57 Å². The summed E-state index contributed by atoms with van der Waals surface area (Å²) in [7, 11) is 0. The van der Waals surface area contributed by atoms with E-state index in [9.17, 15) is 9.59 Å². The lowest BCUT2D eigenvalue weighted by Crippen LogP contribution is -2.40. The zero-order chi connectivity index (χ0) is 24.4. The lowest BCUT2D eigenvalue weighted by Gasteiger charge is -2.30. The first-order valence-corrected chi connectivity index (χ1v) is 13.4. The van der Waals surface area contributed by atoms with Crippen molar-refractivity contribution in [1.29, 1.82) is 0 Å². The third-order valence-corrected chi connectivity index (χ3v) is 7.79. The Labute approximate surface area is 206 Å². The van der Waals surface area contributed by atoms with Gasteiger partial charge in [-0.2, -0.15) is 9.61 Å². The number of thioether (sulfide) groups is 1. The summed E-state index contributed by atoms with van der Waals surface area (Å²) in [5, 5.41) is 6.43. The summed E-state index contributed by atoms with van der Waals surface area (Å²) in [5.41, 5.74) is 1.10. The van der Waals surface area contributed by atoms with E-state index in [0.29, 0.717) is 51.1 Å². The highest BCUT2D eigenvalue weighted by molar-refractivity contribution is 7.98. The Morgan fingerprint density at radius 1 is 1.09 bits per heavy atom. The standard InChI is InChI=1S/C24H30N6O2S2/c1-6-20-27-30-21(31)13-17(25-24(30)34-20)14-33-23-26-19-10-8-7-9-18(19)22(32)29(23)12-11-28(15(2)3)16(4)5/h7-10,13,15-16H,6,11-12,14H2,1-5H3.